The summed E-state index contributed by atoms with van der Waals surface area (Å²) in [5.74, 6) is -0.380. The summed E-state index contributed by atoms with van der Waals surface area (Å²) in [5, 5.41) is 30.1. The van der Waals surface area contributed by atoms with Crippen molar-refractivity contribution in [1.82, 2.24) is 0 Å². The highest BCUT2D eigenvalue weighted by Gasteiger charge is 2.22. The van der Waals surface area contributed by atoms with Crippen molar-refractivity contribution in [1.29, 1.82) is 0 Å². The largest absolute Gasteiger partial charge is 0.459 e. The molecule has 1 aliphatic heterocycles. The number of ether oxygens (including phenoxy) is 1. The van der Waals surface area contributed by atoms with E-state index in [1.165, 1.54) is 38.2 Å². The molecule has 0 fully saturated rings. The van der Waals surface area contributed by atoms with E-state index in [-0.39, 0.29) is 24.9 Å². The van der Waals surface area contributed by atoms with Crippen LogP contribution in [-0.4, -0.2) is 45.7 Å². The first-order valence-electron chi connectivity index (χ1n) is 9.92. The lowest BCUT2D eigenvalue weighted by Crippen LogP contribution is -2.28. The van der Waals surface area contributed by atoms with E-state index >= 15 is 0 Å². The average molecular weight is 357 g/mol. The molecule has 0 aromatic heterocycles. The number of hydrogen-bond donors (Lipinski definition) is 3. The van der Waals surface area contributed by atoms with Gasteiger partial charge >= 0.3 is 5.97 Å². The third kappa shape index (κ3) is 11.3. The van der Waals surface area contributed by atoms with Crippen molar-refractivity contribution < 1.29 is 24.9 Å². The number of aliphatic hydroxyl groups excluding tert-OH is 3. The van der Waals surface area contributed by atoms with E-state index in [1.54, 1.807) is 6.08 Å². The van der Waals surface area contributed by atoms with Gasteiger partial charge in [0.05, 0.1) is 18.3 Å². The molecule has 4 atom stereocenters. The molecule has 3 N–H and O–H groups in total. The fraction of sp³-hybridized carbons (Fsp3) is 0.850. The number of cyclic esters (lactones) is 1. The van der Waals surface area contributed by atoms with Crippen LogP contribution in [0.4, 0.5) is 0 Å². The smallest absolute Gasteiger partial charge is 0.330 e. The lowest BCUT2D eigenvalue weighted by Gasteiger charge is -2.23. The van der Waals surface area contributed by atoms with Gasteiger partial charge in [0.1, 0.15) is 6.10 Å². The van der Waals surface area contributed by atoms with Crippen molar-refractivity contribution in [3.8, 4) is 0 Å². The number of aliphatic hydroxyl groups is 3. The van der Waals surface area contributed by atoms with Gasteiger partial charge in [-0.15, -0.1) is 0 Å². The Balaban J connectivity index is 2.06. The van der Waals surface area contributed by atoms with Gasteiger partial charge in [0.15, 0.2) is 0 Å². The van der Waals surface area contributed by atoms with E-state index in [1.807, 2.05) is 0 Å². The molecule has 1 aliphatic rings. The highest BCUT2D eigenvalue weighted by molar-refractivity contribution is 5.82. The maximum Gasteiger partial charge on any atom is 0.330 e. The predicted octanol–water partition coefficient (Wildman–Crippen LogP) is 3.25. The molecule has 0 saturated carbocycles. The molecule has 0 aliphatic carbocycles. The van der Waals surface area contributed by atoms with Crippen molar-refractivity contribution >= 4 is 5.97 Å². The minimum atomic E-state index is -0.732. The van der Waals surface area contributed by atoms with Gasteiger partial charge in [0.25, 0.3) is 0 Å². The lowest BCUT2D eigenvalue weighted by molar-refractivity contribution is -0.145. The Morgan fingerprint density at radius 2 is 1.64 bits per heavy atom. The van der Waals surface area contributed by atoms with Crippen LogP contribution in [0.3, 0.4) is 0 Å². The Hall–Kier alpha value is -0.910. The molecule has 0 aromatic carbocycles. The van der Waals surface area contributed by atoms with Gasteiger partial charge in [-0.25, -0.2) is 4.79 Å². The molecule has 5 nitrogen and oxygen atoms in total. The molecule has 0 aromatic rings. The standard InChI is InChI=1S/C20H36O5/c1-2-3-4-5-6-7-8-10-16(21)13-17(22)14-18(23)15-19-11-9-12-20(24)25-19/h9,12,16-19,21-23H,2-8,10-11,13-15H2,1H3. The van der Waals surface area contributed by atoms with Crippen LogP contribution in [0.25, 0.3) is 0 Å². The fourth-order valence-electron chi connectivity index (χ4n) is 3.29. The first-order valence-corrected chi connectivity index (χ1v) is 9.92. The van der Waals surface area contributed by atoms with Crippen LogP contribution in [-0.2, 0) is 9.53 Å². The Morgan fingerprint density at radius 1 is 1.00 bits per heavy atom. The molecular weight excluding hydrogens is 320 g/mol. The van der Waals surface area contributed by atoms with Crippen LogP contribution in [0.2, 0.25) is 0 Å². The van der Waals surface area contributed by atoms with E-state index in [9.17, 15) is 20.1 Å². The summed E-state index contributed by atoms with van der Waals surface area (Å²) >= 11 is 0. The second kappa shape index (κ2) is 13.3. The summed E-state index contributed by atoms with van der Waals surface area (Å²) in [7, 11) is 0. The molecule has 0 spiro atoms. The quantitative estimate of drug-likeness (QED) is 0.328. The third-order valence-corrected chi connectivity index (χ3v) is 4.70. The summed E-state index contributed by atoms with van der Waals surface area (Å²) in [5.41, 5.74) is 0. The summed E-state index contributed by atoms with van der Waals surface area (Å²) in [4.78, 5) is 11.1. The fourth-order valence-corrected chi connectivity index (χ4v) is 3.29. The van der Waals surface area contributed by atoms with E-state index in [4.69, 9.17) is 4.74 Å². The van der Waals surface area contributed by atoms with Crippen LogP contribution >= 0.6 is 0 Å². The monoisotopic (exact) mass is 356 g/mol. The Labute approximate surface area is 152 Å². The van der Waals surface area contributed by atoms with E-state index in [0.717, 1.165) is 12.8 Å². The number of rotatable bonds is 14. The van der Waals surface area contributed by atoms with Crippen molar-refractivity contribution in [2.45, 2.75) is 108 Å². The van der Waals surface area contributed by atoms with Gasteiger partial charge in [0.2, 0.25) is 0 Å². The molecule has 0 amide bonds. The zero-order valence-electron chi connectivity index (χ0n) is 15.6. The minimum absolute atomic E-state index is 0.200. The predicted molar refractivity (Wildman–Crippen MR) is 98.1 cm³/mol. The SMILES string of the molecule is CCCCCCCCCC(O)CC(O)CC(O)CC1CC=CC(=O)O1. The number of carbonyl (C=O) groups is 1. The van der Waals surface area contributed by atoms with Crippen molar-refractivity contribution in [2.24, 2.45) is 0 Å². The van der Waals surface area contributed by atoms with Crippen LogP contribution in [0.5, 0.6) is 0 Å². The summed E-state index contributed by atoms with van der Waals surface area (Å²) < 4.78 is 5.10. The molecule has 4 unspecified atom stereocenters. The van der Waals surface area contributed by atoms with E-state index in [2.05, 4.69) is 6.92 Å². The second-order valence-corrected chi connectivity index (χ2v) is 7.28. The summed E-state index contributed by atoms with van der Waals surface area (Å²) in [6, 6.07) is 0. The van der Waals surface area contributed by atoms with Crippen LogP contribution in [0.15, 0.2) is 12.2 Å². The topological polar surface area (TPSA) is 87.0 Å². The molecule has 0 radical (unpaired) electrons. The second-order valence-electron chi connectivity index (χ2n) is 7.28. The first-order chi connectivity index (χ1) is 12.0. The third-order valence-electron chi connectivity index (χ3n) is 4.70. The van der Waals surface area contributed by atoms with Gasteiger partial charge in [-0.3, -0.25) is 0 Å². The molecule has 0 bridgehead atoms. The lowest BCUT2D eigenvalue weighted by atomic mass is 9.97. The van der Waals surface area contributed by atoms with E-state index in [0.29, 0.717) is 19.3 Å². The maximum absolute atomic E-state index is 11.1. The van der Waals surface area contributed by atoms with Gasteiger partial charge < -0.3 is 20.1 Å². The number of carbonyl (C=O) groups excluding carboxylic acids is 1. The number of hydrogen-bond acceptors (Lipinski definition) is 5. The van der Waals surface area contributed by atoms with Crippen molar-refractivity contribution in [3.05, 3.63) is 12.2 Å². The van der Waals surface area contributed by atoms with Crippen molar-refractivity contribution in [2.75, 3.05) is 0 Å². The Kier molecular flexibility index (Phi) is 11.8. The van der Waals surface area contributed by atoms with Gasteiger partial charge in [-0.05, 0) is 19.3 Å². The van der Waals surface area contributed by atoms with Crippen LogP contribution in [0.1, 0.15) is 84.0 Å². The average Bonchev–Trinajstić information content (AvgIpc) is 2.53. The highest BCUT2D eigenvalue weighted by atomic mass is 16.5. The Bertz CT molecular complexity index is 382. The number of unbranched alkanes of at least 4 members (excludes halogenated alkanes) is 6. The van der Waals surface area contributed by atoms with Crippen LogP contribution in [0, 0.1) is 0 Å². The van der Waals surface area contributed by atoms with Crippen molar-refractivity contribution in [3.63, 3.8) is 0 Å². The summed E-state index contributed by atoms with van der Waals surface area (Å²) in [6.45, 7) is 2.21. The minimum Gasteiger partial charge on any atom is -0.459 e. The zero-order chi connectivity index (χ0) is 18.5. The molecule has 1 heterocycles. The normalized spacial score (nSPS) is 21.0. The Morgan fingerprint density at radius 3 is 2.32 bits per heavy atom. The first kappa shape index (κ1) is 22.1. The van der Waals surface area contributed by atoms with Gasteiger partial charge in [-0.2, -0.15) is 0 Å². The molecule has 0 saturated heterocycles. The maximum atomic E-state index is 11.1. The van der Waals surface area contributed by atoms with Gasteiger partial charge in [0, 0.05) is 18.9 Å². The van der Waals surface area contributed by atoms with E-state index < -0.39 is 18.3 Å². The molecule has 5 heteroatoms. The van der Waals surface area contributed by atoms with Gasteiger partial charge in [-0.1, -0.05) is 57.9 Å². The number of esters is 1. The molecule has 146 valence electrons. The molecular formula is C20H36O5. The molecule has 1 rings (SSSR count). The summed E-state index contributed by atoms with van der Waals surface area (Å²) in [6.07, 6.45) is 11.4. The highest BCUT2D eigenvalue weighted by Crippen LogP contribution is 2.18. The van der Waals surface area contributed by atoms with Crippen LogP contribution < -0.4 is 0 Å². The molecule has 25 heavy (non-hydrogen) atoms. The zero-order valence-corrected chi connectivity index (χ0v) is 15.6.